The van der Waals surface area contributed by atoms with Crippen LogP contribution in [0.3, 0.4) is 0 Å². The molecule has 1 fully saturated rings. The van der Waals surface area contributed by atoms with E-state index in [1.54, 1.807) is 12.1 Å². The second kappa shape index (κ2) is 6.64. The molecule has 0 radical (unpaired) electrons. The monoisotopic (exact) mass is 296 g/mol. The molecular formula is C21H25F. The van der Waals surface area contributed by atoms with Gasteiger partial charge in [0, 0.05) is 5.56 Å². The molecule has 0 heterocycles. The van der Waals surface area contributed by atoms with Crippen molar-refractivity contribution in [3.8, 4) is 11.1 Å². The summed E-state index contributed by atoms with van der Waals surface area (Å²) in [4.78, 5) is 0. The van der Waals surface area contributed by atoms with E-state index in [9.17, 15) is 4.39 Å². The van der Waals surface area contributed by atoms with Crippen LogP contribution in [0.1, 0.15) is 62.1 Å². The normalized spacial score (nSPS) is 14.3. The Hall–Kier alpha value is -1.63. The van der Waals surface area contributed by atoms with E-state index in [1.165, 1.54) is 35.1 Å². The molecule has 1 aliphatic rings. The Balaban J connectivity index is 2.19. The van der Waals surface area contributed by atoms with Crippen molar-refractivity contribution in [2.75, 3.05) is 0 Å². The van der Waals surface area contributed by atoms with E-state index in [-0.39, 0.29) is 5.82 Å². The van der Waals surface area contributed by atoms with Gasteiger partial charge in [-0.15, -0.1) is 0 Å². The Morgan fingerprint density at radius 1 is 1.00 bits per heavy atom. The zero-order valence-electron chi connectivity index (χ0n) is 13.7. The quantitative estimate of drug-likeness (QED) is 0.589. The molecular weight excluding hydrogens is 271 g/mol. The molecule has 0 N–H and O–H groups in total. The molecule has 0 unspecified atom stereocenters. The minimum absolute atomic E-state index is 0.0926. The van der Waals surface area contributed by atoms with Crippen LogP contribution in [0.25, 0.3) is 11.1 Å². The first-order valence-corrected chi connectivity index (χ1v) is 8.65. The van der Waals surface area contributed by atoms with Crippen molar-refractivity contribution < 1.29 is 4.39 Å². The van der Waals surface area contributed by atoms with Crippen LogP contribution in [-0.2, 0) is 12.8 Å². The van der Waals surface area contributed by atoms with E-state index in [0.717, 1.165) is 31.2 Å². The van der Waals surface area contributed by atoms with Crippen LogP contribution in [-0.4, -0.2) is 0 Å². The number of halogens is 1. The maximum atomic E-state index is 14.4. The van der Waals surface area contributed by atoms with Crippen molar-refractivity contribution in [3.63, 3.8) is 0 Å². The average Bonchev–Trinajstić information content (AvgIpc) is 3.33. The topological polar surface area (TPSA) is 0 Å². The fraction of sp³-hybridized carbons (Fsp3) is 0.429. The van der Waals surface area contributed by atoms with E-state index in [2.05, 4.69) is 26.0 Å². The molecule has 2 aromatic carbocycles. The first-order valence-electron chi connectivity index (χ1n) is 8.65. The Morgan fingerprint density at radius 3 is 2.36 bits per heavy atom. The lowest BCUT2D eigenvalue weighted by molar-refractivity contribution is 0.631. The summed E-state index contributed by atoms with van der Waals surface area (Å²) in [5.74, 6) is 0.548. The van der Waals surface area contributed by atoms with Gasteiger partial charge in [0.1, 0.15) is 5.82 Å². The zero-order valence-corrected chi connectivity index (χ0v) is 13.7. The molecule has 0 aromatic heterocycles. The van der Waals surface area contributed by atoms with Crippen molar-refractivity contribution in [2.24, 2.45) is 0 Å². The van der Waals surface area contributed by atoms with Crippen LogP contribution in [0.2, 0.25) is 0 Å². The van der Waals surface area contributed by atoms with E-state index < -0.39 is 0 Å². The minimum atomic E-state index is -0.0926. The summed E-state index contributed by atoms with van der Waals surface area (Å²) in [6.07, 6.45) is 6.91. The van der Waals surface area contributed by atoms with Gasteiger partial charge in [0.15, 0.2) is 0 Å². The Kier molecular flexibility index (Phi) is 4.61. The fourth-order valence-electron chi connectivity index (χ4n) is 3.40. The molecule has 22 heavy (non-hydrogen) atoms. The maximum Gasteiger partial charge on any atom is 0.131 e. The van der Waals surface area contributed by atoms with Gasteiger partial charge in [-0.1, -0.05) is 57.0 Å². The summed E-state index contributed by atoms with van der Waals surface area (Å²) in [6.45, 7) is 4.43. The Labute approximate surface area is 133 Å². The molecule has 0 saturated heterocycles. The van der Waals surface area contributed by atoms with Gasteiger partial charge in [-0.3, -0.25) is 0 Å². The molecule has 0 spiro atoms. The smallest absolute Gasteiger partial charge is 0.131 e. The predicted octanol–water partition coefficient (Wildman–Crippen LogP) is 6.28. The Morgan fingerprint density at radius 2 is 1.73 bits per heavy atom. The lowest BCUT2D eigenvalue weighted by Crippen LogP contribution is -2.00. The molecule has 3 rings (SSSR count). The van der Waals surface area contributed by atoms with E-state index >= 15 is 0 Å². The molecule has 0 amide bonds. The molecule has 1 saturated carbocycles. The van der Waals surface area contributed by atoms with Gasteiger partial charge in [-0.2, -0.15) is 0 Å². The summed E-state index contributed by atoms with van der Waals surface area (Å²) in [7, 11) is 0. The highest BCUT2D eigenvalue weighted by atomic mass is 19.1. The number of rotatable bonds is 6. The summed E-state index contributed by atoms with van der Waals surface area (Å²) >= 11 is 0. The lowest BCUT2D eigenvalue weighted by atomic mass is 9.87. The number of hydrogen-bond acceptors (Lipinski definition) is 0. The first-order chi connectivity index (χ1) is 10.7. The zero-order chi connectivity index (χ0) is 15.5. The van der Waals surface area contributed by atoms with Crippen LogP contribution in [0.5, 0.6) is 0 Å². The fourth-order valence-corrected chi connectivity index (χ4v) is 3.40. The molecule has 1 aliphatic carbocycles. The van der Waals surface area contributed by atoms with Gasteiger partial charge in [-0.05, 0) is 59.9 Å². The second-order valence-electron chi connectivity index (χ2n) is 6.47. The number of aryl methyl sites for hydroxylation is 2. The summed E-state index contributed by atoms with van der Waals surface area (Å²) in [5, 5.41) is 0. The van der Waals surface area contributed by atoms with Crippen molar-refractivity contribution in [1.29, 1.82) is 0 Å². The Bertz CT molecular complexity index is 653. The standard InChI is InChI=1S/C21H25F/c1-3-7-15-13-17(8-4-2)21(19(14-15)16-11-12-16)18-9-5-6-10-20(18)22/h5-6,9-10,13-14,16H,3-4,7-8,11-12H2,1-2H3. The van der Waals surface area contributed by atoms with Crippen molar-refractivity contribution in [3.05, 3.63) is 58.9 Å². The molecule has 116 valence electrons. The summed E-state index contributed by atoms with van der Waals surface area (Å²) in [6, 6.07) is 11.9. The van der Waals surface area contributed by atoms with E-state index in [1.807, 2.05) is 12.1 Å². The van der Waals surface area contributed by atoms with Gasteiger partial charge in [0.2, 0.25) is 0 Å². The van der Waals surface area contributed by atoms with Crippen LogP contribution in [0.15, 0.2) is 36.4 Å². The molecule has 0 atom stereocenters. The second-order valence-corrected chi connectivity index (χ2v) is 6.47. The maximum absolute atomic E-state index is 14.4. The molecule has 1 heteroatoms. The predicted molar refractivity (Wildman–Crippen MR) is 91.8 cm³/mol. The SMILES string of the molecule is CCCc1cc(CCC)c(-c2ccccc2F)c(C2CC2)c1. The minimum Gasteiger partial charge on any atom is -0.206 e. The third kappa shape index (κ3) is 3.09. The van der Waals surface area contributed by atoms with Crippen LogP contribution >= 0.6 is 0 Å². The highest BCUT2D eigenvalue weighted by molar-refractivity contribution is 5.73. The van der Waals surface area contributed by atoms with Crippen LogP contribution in [0, 0.1) is 5.82 Å². The number of benzene rings is 2. The van der Waals surface area contributed by atoms with E-state index in [0.29, 0.717) is 5.92 Å². The van der Waals surface area contributed by atoms with Gasteiger partial charge in [0.05, 0.1) is 0 Å². The largest absolute Gasteiger partial charge is 0.206 e. The lowest BCUT2D eigenvalue weighted by Gasteiger charge is -2.18. The van der Waals surface area contributed by atoms with E-state index in [4.69, 9.17) is 0 Å². The third-order valence-electron chi connectivity index (χ3n) is 4.53. The highest BCUT2D eigenvalue weighted by Gasteiger charge is 2.28. The van der Waals surface area contributed by atoms with Crippen LogP contribution < -0.4 is 0 Å². The highest BCUT2D eigenvalue weighted by Crippen LogP contribution is 2.46. The van der Waals surface area contributed by atoms with Gasteiger partial charge >= 0.3 is 0 Å². The summed E-state index contributed by atoms with van der Waals surface area (Å²) in [5.41, 5.74) is 6.12. The molecule has 0 aliphatic heterocycles. The average molecular weight is 296 g/mol. The summed E-state index contributed by atoms with van der Waals surface area (Å²) < 4.78 is 14.4. The van der Waals surface area contributed by atoms with Crippen molar-refractivity contribution in [2.45, 2.75) is 58.3 Å². The van der Waals surface area contributed by atoms with Crippen LogP contribution in [0.4, 0.5) is 4.39 Å². The molecule has 0 bridgehead atoms. The molecule has 2 aromatic rings. The third-order valence-corrected chi connectivity index (χ3v) is 4.53. The van der Waals surface area contributed by atoms with Crippen molar-refractivity contribution in [1.82, 2.24) is 0 Å². The van der Waals surface area contributed by atoms with Crippen molar-refractivity contribution >= 4 is 0 Å². The first kappa shape index (κ1) is 15.3. The van der Waals surface area contributed by atoms with Gasteiger partial charge < -0.3 is 0 Å². The molecule has 0 nitrogen and oxygen atoms in total. The van der Waals surface area contributed by atoms with Gasteiger partial charge in [-0.25, -0.2) is 4.39 Å². The van der Waals surface area contributed by atoms with Gasteiger partial charge in [0.25, 0.3) is 0 Å². The number of hydrogen-bond donors (Lipinski definition) is 0.